The largest absolute Gasteiger partial charge is 0.396 e. The molecule has 0 bridgehead atoms. The van der Waals surface area contributed by atoms with Crippen LogP contribution >= 0.6 is 0 Å². The summed E-state index contributed by atoms with van der Waals surface area (Å²) in [6, 6.07) is 10.7. The van der Waals surface area contributed by atoms with E-state index in [1.165, 1.54) is 19.4 Å². The summed E-state index contributed by atoms with van der Waals surface area (Å²) < 4.78 is 0. The zero-order valence-electron chi connectivity index (χ0n) is 15.4. The first-order chi connectivity index (χ1) is 12.0. The zero-order chi connectivity index (χ0) is 17.9. The molecule has 1 aromatic carbocycles. The van der Waals surface area contributed by atoms with E-state index in [0.717, 1.165) is 25.2 Å². The van der Waals surface area contributed by atoms with Gasteiger partial charge in [-0.3, -0.25) is 4.90 Å². The summed E-state index contributed by atoms with van der Waals surface area (Å²) in [4.78, 5) is 17.1. The van der Waals surface area contributed by atoms with E-state index in [-0.39, 0.29) is 24.0 Å². The number of nitrogens with zero attached hydrogens (tertiary/aromatic N) is 2. The van der Waals surface area contributed by atoms with Gasteiger partial charge in [0.25, 0.3) is 0 Å². The van der Waals surface area contributed by atoms with Crippen molar-refractivity contribution in [2.24, 2.45) is 5.41 Å². The summed E-state index contributed by atoms with van der Waals surface area (Å²) in [6.45, 7) is 8.54. The molecular weight excluding hydrogens is 314 g/mol. The predicted molar refractivity (Wildman–Crippen MR) is 99.6 cm³/mol. The number of nitrogens with one attached hydrogen (secondary N) is 1. The van der Waals surface area contributed by atoms with Gasteiger partial charge in [0, 0.05) is 44.7 Å². The molecule has 138 valence electrons. The van der Waals surface area contributed by atoms with Gasteiger partial charge in [0.05, 0.1) is 0 Å². The SMILES string of the molecule is CC(C)(CO)[C@H](CNC(=O)N1CCN2CCC[C@@H]2C1)c1ccccc1. The average molecular weight is 345 g/mol. The molecule has 1 aromatic rings. The van der Waals surface area contributed by atoms with Crippen LogP contribution < -0.4 is 5.32 Å². The maximum absolute atomic E-state index is 12.7. The number of aliphatic hydroxyl groups excluding tert-OH is 1. The van der Waals surface area contributed by atoms with E-state index in [2.05, 4.69) is 22.3 Å². The van der Waals surface area contributed by atoms with Crippen molar-refractivity contribution in [1.29, 1.82) is 0 Å². The van der Waals surface area contributed by atoms with Gasteiger partial charge < -0.3 is 15.3 Å². The van der Waals surface area contributed by atoms with Crippen LogP contribution in [0.25, 0.3) is 0 Å². The van der Waals surface area contributed by atoms with E-state index in [9.17, 15) is 9.90 Å². The Morgan fingerprint density at radius 2 is 2.04 bits per heavy atom. The van der Waals surface area contributed by atoms with Crippen molar-refractivity contribution >= 4 is 6.03 Å². The Hall–Kier alpha value is -1.59. The minimum absolute atomic E-state index is 0.0289. The van der Waals surface area contributed by atoms with Crippen molar-refractivity contribution in [2.45, 2.75) is 38.6 Å². The summed E-state index contributed by atoms with van der Waals surface area (Å²) in [5.41, 5.74) is 0.862. The minimum Gasteiger partial charge on any atom is -0.396 e. The molecular formula is C20H31N3O2. The highest BCUT2D eigenvalue weighted by molar-refractivity contribution is 5.74. The topological polar surface area (TPSA) is 55.8 Å². The van der Waals surface area contributed by atoms with Crippen molar-refractivity contribution < 1.29 is 9.90 Å². The molecule has 2 amide bonds. The number of rotatable bonds is 5. The van der Waals surface area contributed by atoms with Gasteiger partial charge in [0.1, 0.15) is 0 Å². The normalized spacial score (nSPS) is 22.5. The molecule has 3 rings (SSSR count). The lowest BCUT2D eigenvalue weighted by molar-refractivity contribution is 0.111. The van der Waals surface area contributed by atoms with E-state index in [1.54, 1.807) is 0 Å². The van der Waals surface area contributed by atoms with Crippen LogP contribution in [0.4, 0.5) is 4.79 Å². The fourth-order valence-corrected chi connectivity index (χ4v) is 4.12. The number of hydrogen-bond acceptors (Lipinski definition) is 3. The summed E-state index contributed by atoms with van der Waals surface area (Å²) in [7, 11) is 0. The van der Waals surface area contributed by atoms with Gasteiger partial charge in [-0.15, -0.1) is 0 Å². The van der Waals surface area contributed by atoms with Gasteiger partial charge in [-0.1, -0.05) is 44.2 Å². The maximum atomic E-state index is 12.7. The molecule has 25 heavy (non-hydrogen) atoms. The Kier molecular flexibility index (Phi) is 5.64. The number of aliphatic hydroxyl groups is 1. The highest BCUT2D eigenvalue weighted by atomic mass is 16.3. The predicted octanol–water partition coefficient (Wildman–Crippen LogP) is 2.28. The summed E-state index contributed by atoms with van der Waals surface area (Å²) in [5, 5.41) is 12.9. The van der Waals surface area contributed by atoms with Crippen LogP contribution in [0.2, 0.25) is 0 Å². The molecule has 5 nitrogen and oxygen atoms in total. The number of piperazine rings is 1. The molecule has 2 fully saturated rings. The van der Waals surface area contributed by atoms with Crippen LogP contribution in [0, 0.1) is 5.41 Å². The molecule has 2 atom stereocenters. The number of fused-ring (bicyclic) bond motifs is 1. The Balaban J connectivity index is 1.62. The van der Waals surface area contributed by atoms with E-state index in [1.807, 2.05) is 36.9 Å². The minimum atomic E-state index is -0.293. The van der Waals surface area contributed by atoms with Crippen LogP contribution in [-0.4, -0.2) is 66.3 Å². The zero-order valence-corrected chi connectivity index (χ0v) is 15.4. The molecule has 0 saturated carbocycles. The molecule has 0 radical (unpaired) electrons. The number of benzene rings is 1. The van der Waals surface area contributed by atoms with Crippen LogP contribution in [0.1, 0.15) is 38.2 Å². The Labute approximate surface area is 151 Å². The molecule has 2 aliphatic rings. The van der Waals surface area contributed by atoms with Crippen molar-refractivity contribution in [1.82, 2.24) is 15.1 Å². The van der Waals surface area contributed by atoms with Gasteiger partial charge in [0.15, 0.2) is 0 Å². The standard InChI is InChI=1S/C20H31N3O2/c1-20(2,15-24)18(16-7-4-3-5-8-16)13-21-19(25)23-12-11-22-10-6-9-17(22)14-23/h3-5,7-8,17-18,24H,6,9-15H2,1-2H3,(H,21,25)/t17-,18-/m1/s1. The number of carbonyl (C=O) groups is 1. The lowest BCUT2D eigenvalue weighted by atomic mass is 9.75. The summed E-state index contributed by atoms with van der Waals surface area (Å²) in [6.07, 6.45) is 2.45. The first-order valence-corrected chi connectivity index (χ1v) is 9.44. The molecule has 2 saturated heterocycles. The molecule has 2 aliphatic heterocycles. The number of carbonyl (C=O) groups excluding carboxylic acids is 1. The van der Waals surface area contributed by atoms with Crippen LogP contribution in [0.15, 0.2) is 30.3 Å². The first-order valence-electron chi connectivity index (χ1n) is 9.44. The quantitative estimate of drug-likeness (QED) is 0.861. The second-order valence-corrected chi connectivity index (χ2v) is 8.07. The number of urea groups is 1. The summed E-state index contributed by atoms with van der Waals surface area (Å²) >= 11 is 0. The molecule has 5 heteroatoms. The van der Waals surface area contributed by atoms with Gasteiger partial charge in [-0.05, 0) is 30.4 Å². The summed E-state index contributed by atoms with van der Waals surface area (Å²) in [5.74, 6) is 0.0791. The second kappa shape index (κ2) is 7.75. The van der Waals surface area contributed by atoms with E-state index < -0.39 is 0 Å². The Bertz CT molecular complexity index is 576. The van der Waals surface area contributed by atoms with Crippen LogP contribution in [-0.2, 0) is 0 Å². The highest BCUT2D eigenvalue weighted by Crippen LogP contribution is 2.34. The third kappa shape index (κ3) is 4.15. The first kappa shape index (κ1) is 18.2. The van der Waals surface area contributed by atoms with Gasteiger partial charge >= 0.3 is 6.03 Å². The monoisotopic (exact) mass is 345 g/mol. The molecule has 0 aliphatic carbocycles. The lowest BCUT2D eigenvalue weighted by Gasteiger charge is -2.38. The third-order valence-corrected chi connectivity index (χ3v) is 5.88. The number of amides is 2. The molecule has 0 aromatic heterocycles. The van der Waals surface area contributed by atoms with E-state index >= 15 is 0 Å². The van der Waals surface area contributed by atoms with Crippen molar-refractivity contribution in [3.05, 3.63) is 35.9 Å². The molecule has 0 unspecified atom stereocenters. The van der Waals surface area contributed by atoms with Crippen LogP contribution in [0.3, 0.4) is 0 Å². The van der Waals surface area contributed by atoms with Crippen molar-refractivity contribution in [3.8, 4) is 0 Å². The van der Waals surface area contributed by atoms with E-state index in [4.69, 9.17) is 0 Å². The molecule has 0 spiro atoms. The fraction of sp³-hybridized carbons (Fsp3) is 0.650. The lowest BCUT2D eigenvalue weighted by Crippen LogP contribution is -2.55. The smallest absolute Gasteiger partial charge is 0.317 e. The number of hydrogen-bond donors (Lipinski definition) is 2. The van der Waals surface area contributed by atoms with Crippen molar-refractivity contribution in [3.63, 3.8) is 0 Å². The van der Waals surface area contributed by atoms with Crippen molar-refractivity contribution in [2.75, 3.05) is 39.3 Å². The Morgan fingerprint density at radius 1 is 1.28 bits per heavy atom. The van der Waals surface area contributed by atoms with Gasteiger partial charge in [-0.25, -0.2) is 4.79 Å². The fourth-order valence-electron chi connectivity index (χ4n) is 4.12. The highest BCUT2D eigenvalue weighted by Gasteiger charge is 2.34. The van der Waals surface area contributed by atoms with Crippen LogP contribution in [0.5, 0.6) is 0 Å². The second-order valence-electron chi connectivity index (χ2n) is 8.07. The van der Waals surface area contributed by atoms with Gasteiger partial charge in [0.2, 0.25) is 0 Å². The third-order valence-electron chi connectivity index (χ3n) is 5.88. The molecule has 2 heterocycles. The maximum Gasteiger partial charge on any atom is 0.317 e. The average Bonchev–Trinajstić information content (AvgIpc) is 3.10. The van der Waals surface area contributed by atoms with E-state index in [0.29, 0.717) is 12.6 Å². The Morgan fingerprint density at radius 3 is 2.76 bits per heavy atom. The molecule has 2 N–H and O–H groups in total. The van der Waals surface area contributed by atoms with Gasteiger partial charge in [-0.2, -0.15) is 0 Å².